The van der Waals surface area contributed by atoms with Gasteiger partial charge in [0.2, 0.25) is 0 Å². The lowest BCUT2D eigenvalue weighted by molar-refractivity contribution is -0.153. The Balaban J connectivity index is 1.72. The van der Waals surface area contributed by atoms with Crippen LogP contribution in [0.4, 0.5) is 4.39 Å². The van der Waals surface area contributed by atoms with E-state index >= 15 is 0 Å². The molecule has 0 fully saturated rings. The highest BCUT2D eigenvalue weighted by molar-refractivity contribution is 6.30. The van der Waals surface area contributed by atoms with Crippen LogP contribution >= 0.6 is 11.6 Å². The van der Waals surface area contributed by atoms with Crippen LogP contribution in [0.5, 0.6) is 17.2 Å². The standard InChI is InChI=1S/C30H32ClFN4O6/c1-30(2,3)42-27(37)15-33-14-24-28-21(10-11-34-24)29(38)36(16-18-6-7-19(39-4)13-25(18)40-5)26(35-28)17-41-20-8-9-23(32)22(31)12-20/h6-13,33H,14-17H2,1-5H3. The Morgan fingerprint density at radius 1 is 1.07 bits per heavy atom. The number of hydrogen-bond acceptors (Lipinski definition) is 9. The van der Waals surface area contributed by atoms with Gasteiger partial charge in [0.1, 0.15) is 40.8 Å². The van der Waals surface area contributed by atoms with Gasteiger partial charge >= 0.3 is 5.97 Å². The number of nitrogens with zero attached hydrogens (tertiary/aromatic N) is 3. The number of carbonyl (C=O) groups excluding carboxylic acids is 1. The molecule has 0 aliphatic carbocycles. The number of halogens is 2. The molecule has 42 heavy (non-hydrogen) atoms. The maximum absolute atomic E-state index is 13.9. The predicted molar refractivity (Wildman–Crippen MR) is 156 cm³/mol. The van der Waals surface area contributed by atoms with Gasteiger partial charge in [0.05, 0.1) is 43.4 Å². The number of aromatic nitrogens is 3. The Bertz CT molecular complexity index is 1650. The van der Waals surface area contributed by atoms with Crippen LogP contribution in [0.15, 0.2) is 53.5 Å². The average molecular weight is 599 g/mol. The van der Waals surface area contributed by atoms with Crippen LogP contribution < -0.4 is 25.1 Å². The van der Waals surface area contributed by atoms with Crippen LogP contribution in [-0.4, -0.2) is 46.9 Å². The fourth-order valence-corrected chi connectivity index (χ4v) is 4.35. The minimum atomic E-state index is -0.612. The van der Waals surface area contributed by atoms with Crippen molar-refractivity contribution in [3.63, 3.8) is 0 Å². The second-order valence-electron chi connectivity index (χ2n) is 10.3. The van der Waals surface area contributed by atoms with Crippen molar-refractivity contribution in [1.29, 1.82) is 0 Å². The van der Waals surface area contributed by atoms with Gasteiger partial charge in [0.15, 0.2) is 5.82 Å². The van der Waals surface area contributed by atoms with Gasteiger partial charge in [-0.2, -0.15) is 0 Å². The number of esters is 1. The van der Waals surface area contributed by atoms with Gasteiger partial charge in [-0.1, -0.05) is 11.6 Å². The van der Waals surface area contributed by atoms with Gasteiger partial charge in [-0.15, -0.1) is 0 Å². The van der Waals surface area contributed by atoms with Crippen molar-refractivity contribution in [2.45, 2.75) is 46.1 Å². The van der Waals surface area contributed by atoms with Gasteiger partial charge < -0.3 is 24.3 Å². The summed E-state index contributed by atoms with van der Waals surface area (Å²) in [7, 11) is 3.08. The van der Waals surface area contributed by atoms with Crippen molar-refractivity contribution < 1.29 is 28.1 Å². The van der Waals surface area contributed by atoms with E-state index in [0.29, 0.717) is 39.4 Å². The minimum Gasteiger partial charge on any atom is -0.497 e. The van der Waals surface area contributed by atoms with E-state index in [1.807, 2.05) is 0 Å². The number of rotatable bonds is 11. The lowest BCUT2D eigenvalue weighted by Gasteiger charge is -2.19. The molecule has 0 aliphatic rings. The van der Waals surface area contributed by atoms with E-state index in [9.17, 15) is 14.0 Å². The summed E-state index contributed by atoms with van der Waals surface area (Å²) in [5.74, 6) is 0.720. The normalized spacial score (nSPS) is 11.4. The highest BCUT2D eigenvalue weighted by atomic mass is 35.5. The van der Waals surface area contributed by atoms with Crippen molar-refractivity contribution in [2.75, 3.05) is 20.8 Å². The zero-order valence-corrected chi connectivity index (χ0v) is 24.8. The van der Waals surface area contributed by atoms with E-state index in [-0.39, 0.29) is 42.6 Å². The first-order valence-corrected chi connectivity index (χ1v) is 13.5. The van der Waals surface area contributed by atoms with Crippen molar-refractivity contribution in [2.24, 2.45) is 0 Å². The van der Waals surface area contributed by atoms with Gasteiger partial charge in [0, 0.05) is 30.4 Å². The molecule has 2 aromatic carbocycles. The molecule has 222 valence electrons. The summed E-state index contributed by atoms with van der Waals surface area (Å²) in [5.41, 5.74) is 0.589. The summed E-state index contributed by atoms with van der Waals surface area (Å²) in [5, 5.41) is 3.25. The SMILES string of the molecule is COc1ccc(Cn2c(COc3ccc(F)c(Cl)c3)nc3c(CNCC(=O)OC(C)(C)C)nccc3c2=O)c(OC)c1. The second-order valence-corrected chi connectivity index (χ2v) is 10.7. The Hall–Kier alpha value is -4.22. The van der Waals surface area contributed by atoms with Crippen LogP contribution in [0.3, 0.4) is 0 Å². The maximum atomic E-state index is 13.9. The molecule has 0 bridgehead atoms. The Morgan fingerprint density at radius 3 is 2.52 bits per heavy atom. The summed E-state index contributed by atoms with van der Waals surface area (Å²) >= 11 is 5.92. The number of hydrogen-bond donors (Lipinski definition) is 1. The summed E-state index contributed by atoms with van der Waals surface area (Å²) in [6.45, 7) is 5.46. The van der Waals surface area contributed by atoms with E-state index in [1.54, 1.807) is 52.1 Å². The van der Waals surface area contributed by atoms with Crippen molar-refractivity contribution in [3.05, 3.63) is 86.9 Å². The molecule has 0 saturated heterocycles. The highest BCUT2D eigenvalue weighted by Gasteiger charge is 2.19. The van der Waals surface area contributed by atoms with Gasteiger partial charge in [-0.25, -0.2) is 9.37 Å². The molecule has 0 radical (unpaired) electrons. The smallest absolute Gasteiger partial charge is 0.320 e. The quantitative estimate of drug-likeness (QED) is 0.246. The third-order valence-corrected chi connectivity index (χ3v) is 6.38. The predicted octanol–water partition coefficient (Wildman–Crippen LogP) is 4.66. The van der Waals surface area contributed by atoms with Crippen LogP contribution in [-0.2, 0) is 29.2 Å². The summed E-state index contributed by atoms with van der Waals surface area (Å²) in [4.78, 5) is 35.2. The molecule has 0 spiro atoms. The number of benzene rings is 2. The summed E-state index contributed by atoms with van der Waals surface area (Å²) < 4.78 is 37.2. The number of carbonyl (C=O) groups is 1. The van der Waals surface area contributed by atoms with E-state index in [4.69, 9.17) is 35.5 Å². The largest absolute Gasteiger partial charge is 0.497 e. The zero-order chi connectivity index (χ0) is 30.4. The second kappa shape index (κ2) is 13.2. The van der Waals surface area contributed by atoms with Crippen molar-refractivity contribution in [1.82, 2.24) is 19.9 Å². The number of nitrogens with one attached hydrogen (secondary N) is 1. The molecule has 2 aromatic heterocycles. The Kier molecular flexibility index (Phi) is 9.64. The topological polar surface area (TPSA) is 114 Å². The molecule has 0 aliphatic heterocycles. The highest BCUT2D eigenvalue weighted by Crippen LogP contribution is 2.26. The van der Waals surface area contributed by atoms with Crippen molar-refractivity contribution in [3.8, 4) is 17.2 Å². The molecular formula is C30H32ClFN4O6. The summed E-state index contributed by atoms with van der Waals surface area (Å²) in [6.07, 6.45) is 1.52. The maximum Gasteiger partial charge on any atom is 0.320 e. The average Bonchev–Trinajstić information content (AvgIpc) is 2.94. The molecular weight excluding hydrogens is 567 g/mol. The molecule has 1 N–H and O–H groups in total. The molecule has 4 aromatic rings. The molecule has 2 heterocycles. The minimum absolute atomic E-state index is 0.0506. The van der Waals surface area contributed by atoms with Crippen LogP contribution in [0.1, 0.15) is 37.9 Å². The molecule has 0 saturated carbocycles. The first-order chi connectivity index (χ1) is 20.0. The van der Waals surface area contributed by atoms with Gasteiger partial charge in [-0.05, 0) is 51.1 Å². The third-order valence-electron chi connectivity index (χ3n) is 6.09. The first-order valence-electron chi connectivity index (χ1n) is 13.1. The molecule has 4 rings (SSSR count). The lowest BCUT2D eigenvalue weighted by Crippen LogP contribution is -2.32. The van der Waals surface area contributed by atoms with Gasteiger partial charge in [0.25, 0.3) is 5.56 Å². The van der Waals surface area contributed by atoms with E-state index < -0.39 is 17.4 Å². The van der Waals surface area contributed by atoms with Crippen LogP contribution in [0.25, 0.3) is 10.9 Å². The number of pyridine rings is 1. The number of methoxy groups -OCH3 is 2. The van der Waals surface area contributed by atoms with E-state index in [1.165, 1.54) is 36.1 Å². The van der Waals surface area contributed by atoms with Crippen LogP contribution in [0.2, 0.25) is 5.02 Å². The number of ether oxygens (including phenoxy) is 4. The molecule has 10 nitrogen and oxygen atoms in total. The van der Waals surface area contributed by atoms with E-state index in [0.717, 1.165) is 0 Å². The monoisotopic (exact) mass is 598 g/mol. The molecule has 0 amide bonds. The summed E-state index contributed by atoms with van der Waals surface area (Å²) in [6, 6.07) is 10.9. The van der Waals surface area contributed by atoms with Gasteiger partial charge in [-0.3, -0.25) is 19.1 Å². The third kappa shape index (κ3) is 7.54. The van der Waals surface area contributed by atoms with Crippen LogP contribution in [0, 0.1) is 5.82 Å². The molecule has 12 heteroatoms. The number of fused-ring (bicyclic) bond motifs is 1. The Morgan fingerprint density at radius 2 is 1.83 bits per heavy atom. The Labute approximate surface area is 247 Å². The molecule has 0 atom stereocenters. The first kappa shape index (κ1) is 30.7. The zero-order valence-electron chi connectivity index (χ0n) is 24.0. The van der Waals surface area contributed by atoms with E-state index in [2.05, 4.69) is 10.3 Å². The fourth-order valence-electron chi connectivity index (χ4n) is 4.18. The lowest BCUT2D eigenvalue weighted by atomic mass is 10.1. The molecule has 0 unspecified atom stereocenters. The van der Waals surface area contributed by atoms with Crippen molar-refractivity contribution >= 4 is 28.5 Å². The fraction of sp³-hybridized carbons (Fsp3) is 0.333.